The highest BCUT2D eigenvalue weighted by Crippen LogP contribution is 2.43. The van der Waals surface area contributed by atoms with Crippen LogP contribution in [0, 0.1) is 0 Å². The molecule has 0 amide bonds. The van der Waals surface area contributed by atoms with Crippen molar-refractivity contribution in [3.63, 3.8) is 0 Å². The van der Waals surface area contributed by atoms with Crippen LogP contribution in [0.5, 0.6) is 0 Å². The van der Waals surface area contributed by atoms with E-state index in [1.807, 2.05) is 26.0 Å². The third-order valence-corrected chi connectivity index (χ3v) is 3.15. The third-order valence-electron chi connectivity index (χ3n) is 3.15. The molecule has 3 nitrogen and oxygen atoms in total. The van der Waals surface area contributed by atoms with Crippen molar-refractivity contribution >= 4 is 17.3 Å². The molecule has 0 bridgehead atoms. The predicted molar refractivity (Wildman–Crippen MR) is 69.2 cm³/mol. The van der Waals surface area contributed by atoms with Crippen LogP contribution in [-0.4, -0.2) is 17.2 Å². The first-order valence-corrected chi connectivity index (χ1v) is 5.60. The lowest BCUT2D eigenvalue weighted by Crippen LogP contribution is -2.22. The summed E-state index contributed by atoms with van der Waals surface area (Å²) in [5.41, 5.74) is 1.32. The molecule has 0 saturated heterocycles. The number of Topliss-reactive ketones (excluding diaryl/α,β-unsaturated/α-hetero) is 2. The van der Waals surface area contributed by atoms with E-state index in [1.165, 1.54) is 0 Å². The van der Waals surface area contributed by atoms with Gasteiger partial charge in [-0.25, -0.2) is 0 Å². The number of ether oxygens (including phenoxy) is 1. The summed E-state index contributed by atoms with van der Waals surface area (Å²) in [5.74, 6) is -0.236. The molecule has 1 aromatic carbocycles. The highest BCUT2D eigenvalue weighted by molar-refractivity contribution is 6.52. The van der Waals surface area contributed by atoms with E-state index in [2.05, 4.69) is 0 Å². The molecule has 1 aliphatic carbocycles. The van der Waals surface area contributed by atoms with E-state index in [1.54, 1.807) is 12.1 Å². The van der Waals surface area contributed by atoms with Gasteiger partial charge >= 0.3 is 0 Å². The van der Waals surface area contributed by atoms with E-state index in [4.69, 9.17) is 4.74 Å². The maximum Gasteiger partial charge on any atom is 0.234 e. The number of ketones is 2. The van der Waals surface area contributed by atoms with Gasteiger partial charge in [-0.15, -0.1) is 0 Å². The summed E-state index contributed by atoms with van der Waals surface area (Å²) in [6.45, 7) is 3.84. The van der Waals surface area contributed by atoms with Gasteiger partial charge in [0.15, 0.2) is 0 Å². The molecule has 0 N–H and O–H groups in total. The summed E-state index contributed by atoms with van der Waals surface area (Å²) in [6.07, 6.45) is 0.501. The first-order chi connectivity index (χ1) is 7.99. The maximum atomic E-state index is 12.0. The highest BCUT2D eigenvalue weighted by Gasteiger charge is 2.42. The second kappa shape index (κ2) is 3.80. The van der Waals surface area contributed by atoms with Crippen molar-refractivity contribution in [2.45, 2.75) is 33.3 Å². The van der Waals surface area contributed by atoms with Crippen LogP contribution in [0.2, 0.25) is 0 Å². The zero-order valence-corrected chi connectivity index (χ0v) is 9.74. The second-order valence-corrected chi connectivity index (χ2v) is 5.05. The second-order valence-electron chi connectivity index (χ2n) is 5.05. The molecule has 1 aromatic rings. The molecule has 18 heavy (non-hydrogen) atoms. The van der Waals surface area contributed by atoms with Gasteiger partial charge in [0.1, 0.15) is 11.4 Å². The molecular weight excluding hydrogens is 228 g/mol. The molecule has 0 fully saturated rings. The van der Waals surface area contributed by atoms with Crippen LogP contribution >= 0.6 is 0 Å². The minimum absolute atomic E-state index is 0. The van der Waals surface area contributed by atoms with Gasteiger partial charge in [-0.3, -0.25) is 9.59 Å². The van der Waals surface area contributed by atoms with Crippen molar-refractivity contribution in [3.05, 3.63) is 41.0 Å². The summed E-state index contributed by atoms with van der Waals surface area (Å²) >= 11 is 0. The molecule has 3 heteroatoms. The normalized spacial score (nSPS) is 19.9. The molecule has 1 heterocycles. The van der Waals surface area contributed by atoms with Crippen LogP contribution in [-0.2, 0) is 9.53 Å². The number of fused-ring (bicyclic) bond motifs is 2. The number of carbonyl (C=O) groups excluding carboxylic acids is 2. The number of hydrogen-bond acceptors (Lipinski definition) is 3. The minimum Gasteiger partial charge on any atom is -0.486 e. The van der Waals surface area contributed by atoms with Gasteiger partial charge in [0.05, 0.1) is 5.57 Å². The van der Waals surface area contributed by atoms with Gasteiger partial charge in [-0.05, 0) is 13.8 Å². The first kappa shape index (κ1) is 12.6. The molecule has 0 saturated carbocycles. The fraction of sp³-hybridized carbons (Fsp3) is 0.333. The van der Waals surface area contributed by atoms with Gasteiger partial charge < -0.3 is 4.74 Å². The molecule has 94 valence electrons. The zero-order chi connectivity index (χ0) is 12.2. The molecule has 3 rings (SSSR count). The number of benzene rings is 1. The van der Waals surface area contributed by atoms with E-state index >= 15 is 0 Å². The molecule has 0 atom stereocenters. The topological polar surface area (TPSA) is 43.4 Å². The van der Waals surface area contributed by atoms with E-state index in [0.29, 0.717) is 23.3 Å². The maximum absolute atomic E-state index is 12.0. The van der Waals surface area contributed by atoms with E-state index in [-0.39, 0.29) is 7.43 Å². The summed E-state index contributed by atoms with van der Waals surface area (Å²) in [4.78, 5) is 23.9. The van der Waals surface area contributed by atoms with Gasteiger partial charge in [0.2, 0.25) is 11.6 Å². The molecule has 2 aliphatic rings. The van der Waals surface area contributed by atoms with Crippen molar-refractivity contribution in [2.75, 3.05) is 0 Å². The van der Waals surface area contributed by atoms with Crippen LogP contribution < -0.4 is 0 Å². The molecule has 0 aromatic heterocycles. The number of carbonyl (C=O) groups is 2. The van der Waals surface area contributed by atoms with Crippen molar-refractivity contribution in [3.8, 4) is 0 Å². The van der Waals surface area contributed by atoms with Crippen molar-refractivity contribution in [2.24, 2.45) is 0 Å². The lowest BCUT2D eigenvalue weighted by molar-refractivity contribution is -0.112. The summed E-state index contributed by atoms with van der Waals surface area (Å²) in [6, 6.07) is 7.11. The van der Waals surface area contributed by atoms with Gasteiger partial charge in [-0.1, -0.05) is 31.7 Å². The van der Waals surface area contributed by atoms with E-state index < -0.39 is 17.2 Å². The fourth-order valence-corrected chi connectivity index (χ4v) is 2.42. The predicted octanol–water partition coefficient (Wildman–Crippen LogP) is 3.00. The van der Waals surface area contributed by atoms with E-state index in [9.17, 15) is 9.59 Å². The Morgan fingerprint density at radius 1 is 1.06 bits per heavy atom. The van der Waals surface area contributed by atoms with Gasteiger partial charge in [0.25, 0.3) is 0 Å². The standard InChI is InChI=1S/C14H12O3.CH4/c1-14(2)7-10-12(16)11(15)8-5-3-4-6-9(8)13(10)17-14;/h3-6H,7H2,1-2H3;1H4. The Labute approximate surface area is 106 Å². The SMILES string of the molecule is C.CC1(C)CC2=C(O1)c1ccccc1C(=O)C2=O. The Kier molecular flexibility index (Phi) is 2.65. The van der Waals surface area contributed by atoms with Gasteiger partial charge in [0, 0.05) is 17.5 Å². The first-order valence-electron chi connectivity index (χ1n) is 5.60. The van der Waals surface area contributed by atoms with Crippen LogP contribution in [0.25, 0.3) is 5.76 Å². The summed E-state index contributed by atoms with van der Waals surface area (Å²) in [7, 11) is 0. The monoisotopic (exact) mass is 244 g/mol. The van der Waals surface area contributed by atoms with E-state index in [0.717, 1.165) is 5.56 Å². The average molecular weight is 244 g/mol. The van der Waals surface area contributed by atoms with Crippen LogP contribution in [0.1, 0.15) is 43.6 Å². The Hall–Kier alpha value is -1.90. The van der Waals surface area contributed by atoms with Crippen molar-refractivity contribution < 1.29 is 14.3 Å². The Bertz CT molecular complexity index is 579. The summed E-state index contributed by atoms with van der Waals surface area (Å²) < 4.78 is 5.80. The van der Waals surface area contributed by atoms with Gasteiger partial charge in [-0.2, -0.15) is 0 Å². The van der Waals surface area contributed by atoms with Crippen LogP contribution in [0.3, 0.4) is 0 Å². The lowest BCUT2D eigenvalue weighted by atomic mass is 9.86. The molecule has 1 aliphatic heterocycles. The Balaban J connectivity index is 0.00000120. The van der Waals surface area contributed by atoms with Crippen LogP contribution in [0.15, 0.2) is 29.8 Å². The Morgan fingerprint density at radius 2 is 1.67 bits per heavy atom. The molecule has 0 unspecified atom stereocenters. The minimum atomic E-state index is -0.416. The molecule has 0 radical (unpaired) electrons. The number of hydrogen-bond donors (Lipinski definition) is 0. The zero-order valence-electron chi connectivity index (χ0n) is 9.74. The largest absolute Gasteiger partial charge is 0.486 e. The molecular formula is C15H16O3. The lowest BCUT2D eigenvalue weighted by Gasteiger charge is -2.20. The summed E-state index contributed by atoms with van der Waals surface area (Å²) in [5, 5.41) is 0. The third kappa shape index (κ3) is 1.58. The molecule has 0 spiro atoms. The fourth-order valence-electron chi connectivity index (χ4n) is 2.42. The average Bonchev–Trinajstić information content (AvgIpc) is 2.62. The van der Waals surface area contributed by atoms with Crippen molar-refractivity contribution in [1.29, 1.82) is 0 Å². The van der Waals surface area contributed by atoms with Crippen LogP contribution in [0.4, 0.5) is 0 Å². The highest BCUT2D eigenvalue weighted by atomic mass is 16.5. The smallest absolute Gasteiger partial charge is 0.234 e. The quantitative estimate of drug-likeness (QED) is 0.659. The number of rotatable bonds is 0. The van der Waals surface area contributed by atoms with Crippen molar-refractivity contribution in [1.82, 2.24) is 0 Å². The Morgan fingerprint density at radius 3 is 2.33 bits per heavy atom.